The van der Waals surface area contributed by atoms with Crippen molar-refractivity contribution >= 4 is 5.78 Å². The fraction of sp³-hybridized carbons (Fsp3) is 0.500. The zero-order valence-electron chi connectivity index (χ0n) is 10.8. The molecule has 2 atom stereocenters. The van der Waals surface area contributed by atoms with E-state index in [0.29, 0.717) is 42.8 Å². The van der Waals surface area contributed by atoms with Crippen LogP contribution >= 0.6 is 0 Å². The van der Waals surface area contributed by atoms with Crippen molar-refractivity contribution in [2.24, 2.45) is 0 Å². The summed E-state index contributed by atoms with van der Waals surface area (Å²) in [5.74, 6) is 0.702. The van der Waals surface area contributed by atoms with Crippen LogP contribution in [-0.4, -0.2) is 40.6 Å². The fourth-order valence-corrected chi connectivity index (χ4v) is 3.05. The maximum absolute atomic E-state index is 11.5. The first-order valence-corrected chi connectivity index (χ1v) is 6.44. The molecule has 2 aliphatic heterocycles. The second-order valence-electron chi connectivity index (χ2n) is 5.16. The number of nitrogens with zero attached hydrogens (tertiary/aromatic N) is 1. The minimum Gasteiger partial charge on any atom is -0.504 e. The Balaban J connectivity index is 2.03. The zero-order chi connectivity index (χ0) is 13.6. The number of benzene rings is 1. The summed E-state index contributed by atoms with van der Waals surface area (Å²) in [7, 11) is 1.50. The molecule has 0 aromatic heterocycles. The van der Waals surface area contributed by atoms with Gasteiger partial charge in [0.1, 0.15) is 5.78 Å². The lowest BCUT2D eigenvalue weighted by atomic mass is 9.85. The van der Waals surface area contributed by atoms with Crippen molar-refractivity contribution in [3.05, 3.63) is 23.3 Å². The van der Waals surface area contributed by atoms with E-state index < -0.39 is 6.10 Å². The Morgan fingerprint density at radius 3 is 2.95 bits per heavy atom. The summed E-state index contributed by atoms with van der Waals surface area (Å²) in [5, 5.41) is 20.6. The number of hydrogen-bond donors (Lipinski definition) is 2. The number of ether oxygens (including phenoxy) is 1. The zero-order valence-corrected chi connectivity index (χ0v) is 10.8. The first-order chi connectivity index (χ1) is 9.11. The van der Waals surface area contributed by atoms with Crippen LogP contribution < -0.4 is 4.74 Å². The number of piperidine rings is 1. The van der Waals surface area contributed by atoms with Gasteiger partial charge in [-0.2, -0.15) is 0 Å². The Labute approximate surface area is 111 Å². The van der Waals surface area contributed by atoms with E-state index in [4.69, 9.17) is 4.74 Å². The lowest BCUT2D eigenvalue weighted by Gasteiger charge is -2.42. The van der Waals surface area contributed by atoms with Gasteiger partial charge in [-0.3, -0.25) is 9.69 Å². The van der Waals surface area contributed by atoms with Gasteiger partial charge in [-0.05, 0) is 11.6 Å². The van der Waals surface area contributed by atoms with Gasteiger partial charge in [0.2, 0.25) is 0 Å². The summed E-state index contributed by atoms with van der Waals surface area (Å²) in [6.07, 6.45) is 0.168. The molecule has 1 saturated heterocycles. The van der Waals surface area contributed by atoms with Crippen LogP contribution in [-0.2, 0) is 11.3 Å². The molecular formula is C14H17NO4. The Hall–Kier alpha value is -1.59. The number of fused-ring (bicyclic) bond motifs is 2. The van der Waals surface area contributed by atoms with E-state index in [1.807, 2.05) is 0 Å². The van der Waals surface area contributed by atoms with Gasteiger partial charge in [-0.25, -0.2) is 0 Å². The SMILES string of the molecule is COc1ccc2c(c1O)CN1CCC(=O)C[C@H]1[C@H]2O. The molecule has 2 aliphatic rings. The van der Waals surface area contributed by atoms with Crippen LogP contribution in [0.5, 0.6) is 11.5 Å². The number of rotatable bonds is 1. The Bertz CT molecular complexity index is 528. The van der Waals surface area contributed by atoms with E-state index in [-0.39, 0.29) is 17.6 Å². The number of methoxy groups -OCH3 is 1. The topological polar surface area (TPSA) is 70.0 Å². The molecule has 102 valence electrons. The van der Waals surface area contributed by atoms with Gasteiger partial charge in [0, 0.05) is 37.5 Å². The molecule has 0 spiro atoms. The van der Waals surface area contributed by atoms with Gasteiger partial charge in [0.05, 0.1) is 13.2 Å². The summed E-state index contributed by atoms with van der Waals surface area (Å²) < 4.78 is 5.10. The van der Waals surface area contributed by atoms with E-state index in [0.717, 1.165) is 0 Å². The number of phenolic OH excluding ortho intramolecular Hbond substituents is 1. The number of carbonyl (C=O) groups is 1. The van der Waals surface area contributed by atoms with Crippen molar-refractivity contribution < 1.29 is 19.7 Å². The molecular weight excluding hydrogens is 246 g/mol. The van der Waals surface area contributed by atoms with E-state index >= 15 is 0 Å². The quantitative estimate of drug-likeness (QED) is 0.790. The average Bonchev–Trinajstić information content (AvgIpc) is 2.41. The molecule has 0 radical (unpaired) electrons. The Kier molecular flexibility index (Phi) is 2.95. The van der Waals surface area contributed by atoms with Crippen LogP contribution in [0.15, 0.2) is 12.1 Å². The number of aliphatic hydroxyl groups excluding tert-OH is 1. The van der Waals surface area contributed by atoms with Crippen LogP contribution in [0.3, 0.4) is 0 Å². The molecule has 19 heavy (non-hydrogen) atoms. The van der Waals surface area contributed by atoms with E-state index in [2.05, 4.69) is 4.90 Å². The number of phenols is 1. The molecule has 0 amide bonds. The van der Waals surface area contributed by atoms with E-state index in [1.54, 1.807) is 12.1 Å². The maximum atomic E-state index is 11.5. The summed E-state index contributed by atoms with van der Waals surface area (Å²) in [6.45, 7) is 1.18. The van der Waals surface area contributed by atoms with Crippen LogP contribution in [0.1, 0.15) is 30.1 Å². The van der Waals surface area contributed by atoms with Crippen molar-refractivity contribution in [2.45, 2.75) is 31.5 Å². The van der Waals surface area contributed by atoms with Gasteiger partial charge in [0.15, 0.2) is 11.5 Å². The summed E-state index contributed by atoms with van der Waals surface area (Å²) in [6, 6.07) is 3.26. The van der Waals surface area contributed by atoms with Crippen molar-refractivity contribution in [2.75, 3.05) is 13.7 Å². The van der Waals surface area contributed by atoms with Gasteiger partial charge in [-0.15, -0.1) is 0 Å². The standard InChI is InChI=1S/C14H17NO4/c1-19-12-3-2-9-10(14(12)18)7-15-5-4-8(16)6-11(15)13(9)17/h2-3,11,13,17-18H,4-7H2,1H3/t11-,13-/m0/s1. The molecule has 0 saturated carbocycles. The monoisotopic (exact) mass is 263 g/mol. The normalized spacial score (nSPS) is 26.7. The predicted molar refractivity (Wildman–Crippen MR) is 68.1 cm³/mol. The predicted octanol–water partition coefficient (Wildman–Crippen LogP) is 0.981. The lowest BCUT2D eigenvalue weighted by molar-refractivity contribution is -0.126. The third-order valence-corrected chi connectivity index (χ3v) is 4.13. The van der Waals surface area contributed by atoms with E-state index in [9.17, 15) is 15.0 Å². The Morgan fingerprint density at radius 2 is 2.21 bits per heavy atom. The maximum Gasteiger partial charge on any atom is 0.162 e. The van der Waals surface area contributed by atoms with Crippen LogP contribution in [0.2, 0.25) is 0 Å². The lowest BCUT2D eigenvalue weighted by Crippen LogP contribution is -2.48. The smallest absolute Gasteiger partial charge is 0.162 e. The van der Waals surface area contributed by atoms with Crippen molar-refractivity contribution in [1.29, 1.82) is 0 Å². The van der Waals surface area contributed by atoms with Crippen molar-refractivity contribution in [1.82, 2.24) is 4.90 Å². The molecule has 1 fully saturated rings. The molecule has 5 nitrogen and oxygen atoms in total. The van der Waals surface area contributed by atoms with Crippen molar-refractivity contribution in [3.8, 4) is 11.5 Å². The molecule has 2 heterocycles. The minimum absolute atomic E-state index is 0.0920. The summed E-state index contributed by atoms with van der Waals surface area (Å²) in [4.78, 5) is 13.6. The number of carbonyl (C=O) groups excluding carboxylic acids is 1. The average molecular weight is 263 g/mol. The molecule has 3 rings (SSSR count). The second kappa shape index (κ2) is 4.51. The molecule has 2 N–H and O–H groups in total. The molecule has 0 unspecified atom stereocenters. The first-order valence-electron chi connectivity index (χ1n) is 6.44. The summed E-state index contributed by atoms with van der Waals surface area (Å²) in [5.41, 5.74) is 1.41. The van der Waals surface area contributed by atoms with Crippen LogP contribution in [0.25, 0.3) is 0 Å². The van der Waals surface area contributed by atoms with Gasteiger partial charge in [-0.1, -0.05) is 6.07 Å². The van der Waals surface area contributed by atoms with Gasteiger partial charge < -0.3 is 14.9 Å². The molecule has 1 aromatic carbocycles. The molecule has 1 aromatic rings. The van der Waals surface area contributed by atoms with Crippen molar-refractivity contribution in [3.63, 3.8) is 0 Å². The highest BCUT2D eigenvalue weighted by atomic mass is 16.5. The fourth-order valence-electron chi connectivity index (χ4n) is 3.05. The summed E-state index contributed by atoms with van der Waals surface area (Å²) >= 11 is 0. The Morgan fingerprint density at radius 1 is 1.42 bits per heavy atom. The minimum atomic E-state index is -0.732. The molecule has 0 aliphatic carbocycles. The van der Waals surface area contributed by atoms with Gasteiger partial charge >= 0.3 is 0 Å². The third-order valence-electron chi connectivity index (χ3n) is 4.13. The number of ketones is 1. The van der Waals surface area contributed by atoms with Crippen LogP contribution in [0.4, 0.5) is 0 Å². The second-order valence-corrected chi connectivity index (χ2v) is 5.16. The number of aromatic hydroxyl groups is 1. The number of aliphatic hydroxyl groups is 1. The molecule has 5 heteroatoms. The highest BCUT2D eigenvalue weighted by Crippen LogP contribution is 2.42. The third kappa shape index (κ3) is 1.89. The number of hydrogen-bond acceptors (Lipinski definition) is 5. The highest BCUT2D eigenvalue weighted by molar-refractivity contribution is 5.80. The van der Waals surface area contributed by atoms with Gasteiger partial charge in [0.25, 0.3) is 0 Å². The number of Topliss-reactive ketones (excluding diaryl/α,β-unsaturated/α-hetero) is 1. The first kappa shape index (κ1) is 12.4. The molecule has 0 bridgehead atoms. The highest BCUT2D eigenvalue weighted by Gasteiger charge is 2.39. The largest absolute Gasteiger partial charge is 0.504 e. The van der Waals surface area contributed by atoms with E-state index in [1.165, 1.54) is 7.11 Å². The van der Waals surface area contributed by atoms with Crippen LogP contribution in [0, 0.1) is 0 Å².